The maximum atomic E-state index is 8.62. The van der Waals surface area contributed by atoms with Crippen LogP contribution in [-0.2, 0) is 29.2 Å². The van der Waals surface area contributed by atoms with Crippen molar-refractivity contribution in [2.45, 2.75) is 89.1 Å². The molecule has 1 aliphatic rings. The average molecular weight is 350 g/mol. The maximum Gasteiger partial charge on any atom is 0.233 e. The number of hydrogen-bond donors (Lipinski definition) is 1. The van der Waals surface area contributed by atoms with Crippen molar-refractivity contribution in [3.63, 3.8) is 0 Å². The van der Waals surface area contributed by atoms with Gasteiger partial charge in [-0.1, -0.05) is 44.9 Å². The molecule has 0 amide bonds. The first-order chi connectivity index (χ1) is 11.8. The number of rotatable bonds is 9. The van der Waals surface area contributed by atoms with Gasteiger partial charge in [0.05, 0.1) is 13.7 Å². The minimum Gasteiger partial charge on any atom is -0.353 e. The van der Waals surface area contributed by atoms with Crippen molar-refractivity contribution in [3.8, 4) is 0 Å². The van der Waals surface area contributed by atoms with Crippen molar-refractivity contribution in [3.05, 3.63) is 0 Å². The molecule has 7 heteroatoms. The Morgan fingerprint density at radius 3 is 1.83 bits per heavy atom. The van der Waals surface area contributed by atoms with Crippen molar-refractivity contribution < 1.29 is 34.4 Å². The Balaban J connectivity index is 2.48. The van der Waals surface area contributed by atoms with Crippen LogP contribution in [0.25, 0.3) is 0 Å². The van der Waals surface area contributed by atoms with Crippen LogP contribution in [0.4, 0.5) is 0 Å². The van der Waals surface area contributed by atoms with Crippen LogP contribution in [0.2, 0.25) is 0 Å². The summed E-state index contributed by atoms with van der Waals surface area (Å²) in [4.78, 5) is 25.5. The Kier molecular flexibility index (Phi) is 12.6. The van der Waals surface area contributed by atoms with E-state index in [-0.39, 0.29) is 6.61 Å². The van der Waals surface area contributed by atoms with E-state index in [1.165, 1.54) is 46.3 Å². The summed E-state index contributed by atoms with van der Waals surface area (Å²) in [7, 11) is 2.94. The molecule has 0 heterocycles. The number of hydrogen-bond acceptors (Lipinski definition) is 7. The zero-order valence-corrected chi connectivity index (χ0v) is 15.2. The van der Waals surface area contributed by atoms with Crippen LogP contribution in [0.3, 0.4) is 0 Å². The minimum atomic E-state index is -0.878. The van der Waals surface area contributed by atoms with Gasteiger partial charge in [-0.05, 0) is 12.8 Å². The van der Waals surface area contributed by atoms with E-state index in [4.69, 9.17) is 29.5 Å². The van der Waals surface area contributed by atoms with Gasteiger partial charge in [0.25, 0.3) is 0 Å². The van der Waals surface area contributed by atoms with Gasteiger partial charge < -0.3 is 4.74 Å². The minimum absolute atomic E-state index is 0.216. The molecule has 1 fully saturated rings. The molecule has 0 bridgehead atoms. The molecule has 0 aromatic carbocycles. The first-order valence-corrected chi connectivity index (χ1v) is 9.12. The molecule has 1 aliphatic carbocycles. The predicted octanol–water partition coefficient (Wildman–Crippen LogP) is 4.37. The lowest BCUT2D eigenvalue weighted by Crippen LogP contribution is -2.36. The first-order valence-electron chi connectivity index (χ1n) is 9.12. The van der Waals surface area contributed by atoms with E-state index in [9.17, 15) is 0 Å². The van der Waals surface area contributed by atoms with Gasteiger partial charge in [-0.15, -0.1) is 0 Å². The molecule has 0 spiro atoms. The van der Waals surface area contributed by atoms with Gasteiger partial charge in [0.1, 0.15) is 0 Å². The Bertz CT molecular complexity index is 272. The SMILES string of the molecule is COOC1(OOCCC(OC)OO)CCCCCCCCCCC1. The largest absolute Gasteiger partial charge is 0.353 e. The quantitative estimate of drug-likeness (QED) is 0.286. The fourth-order valence-corrected chi connectivity index (χ4v) is 2.99. The van der Waals surface area contributed by atoms with Gasteiger partial charge in [-0.3, -0.25) is 0 Å². The van der Waals surface area contributed by atoms with Crippen LogP contribution in [0, 0.1) is 0 Å². The molecule has 0 aromatic heterocycles. The van der Waals surface area contributed by atoms with Gasteiger partial charge in [-0.25, -0.2) is 19.9 Å². The Hall–Kier alpha value is -0.280. The lowest BCUT2D eigenvalue weighted by Gasteiger charge is -2.30. The lowest BCUT2D eigenvalue weighted by molar-refractivity contribution is -0.510. The molecular weight excluding hydrogens is 316 g/mol. The van der Waals surface area contributed by atoms with Crippen molar-refractivity contribution in [2.75, 3.05) is 20.8 Å². The van der Waals surface area contributed by atoms with E-state index in [0.29, 0.717) is 6.42 Å². The molecule has 7 nitrogen and oxygen atoms in total. The molecule has 144 valence electrons. The third-order valence-corrected chi connectivity index (χ3v) is 4.38. The zero-order valence-electron chi connectivity index (χ0n) is 15.2. The van der Waals surface area contributed by atoms with Crippen LogP contribution in [0.5, 0.6) is 0 Å². The molecule has 1 saturated carbocycles. The van der Waals surface area contributed by atoms with Crippen LogP contribution in [-0.4, -0.2) is 38.2 Å². The third kappa shape index (κ3) is 9.27. The summed E-state index contributed by atoms with van der Waals surface area (Å²) in [5, 5.41) is 8.62. The van der Waals surface area contributed by atoms with Crippen LogP contribution in [0.1, 0.15) is 77.0 Å². The lowest BCUT2D eigenvalue weighted by atomic mass is 9.97. The molecule has 1 atom stereocenters. The number of methoxy groups -OCH3 is 1. The van der Waals surface area contributed by atoms with Gasteiger partial charge in [0, 0.05) is 26.4 Å². The van der Waals surface area contributed by atoms with E-state index in [2.05, 4.69) is 4.89 Å². The second kappa shape index (κ2) is 13.9. The maximum absolute atomic E-state index is 8.62. The highest BCUT2D eigenvalue weighted by molar-refractivity contribution is 4.69. The number of ether oxygens (including phenoxy) is 1. The molecule has 0 saturated heterocycles. The van der Waals surface area contributed by atoms with E-state index in [0.717, 1.165) is 38.5 Å². The second-order valence-corrected chi connectivity index (χ2v) is 6.31. The standard InChI is InChI=1S/C17H34O7/c1-19-16(22-18)12-15-21-24-17(23-20-2)13-10-8-6-4-3-5-7-9-11-14-17/h16,18H,3-15H2,1-2H3. The average Bonchev–Trinajstić information content (AvgIpc) is 2.58. The summed E-state index contributed by atoms with van der Waals surface area (Å²) < 4.78 is 4.89. The second-order valence-electron chi connectivity index (χ2n) is 6.31. The van der Waals surface area contributed by atoms with Crippen molar-refractivity contribution in [1.82, 2.24) is 0 Å². The molecule has 0 aromatic rings. The molecule has 0 aliphatic heterocycles. The van der Waals surface area contributed by atoms with E-state index < -0.39 is 12.1 Å². The van der Waals surface area contributed by atoms with Gasteiger partial charge in [0.15, 0.2) is 6.29 Å². The molecule has 24 heavy (non-hydrogen) atoms. The van der Waals surface area contributed by atoms with Gasteiger partial charge in [0.2, 0.25) is 5.79 Å². The summed E-state index contributed by atoms with van der Waals surface area (Å²) in [6.45, 7) is 0.216. The van der Waals surface area contributed by atoms with E-state index in [1.807, 2.05) is 0 Å². The van der Waals surface area contributed by atoms with E-state index in [1.54, 1.807) is 0 Å². The highest BCUT2D eigenvalue weighted by Gasteiger charge is 2.34. The zero-order chi connectivity index (χ0) is 17.5. The predicted molar refractivity (Wildman–Crippen MR) is 87.8 cm³/mol. The van der Waals surface area contributed by atoms with Crippen molar-refractivity contribution in [1.29, 1.82) is 0 Å². The normalized spacial score (nSPS) is 21.6. The fraction of sp³-hybridized carbons (Fsp3) is 1.00. The molecule has 0 radical (unpaired) electrons. The highest BCUT2D eigenvalue weighted by Crippen LogP contribution is 2.30. The fourth-order valence-electron chi connectivity index (χ4n) is 2.99. The topological polar surface area (TPSA) is 75.6 Å². The molecular formula is C17H34O7. The van der Waals surface area contributed by atoms with E-state index >= 15 is 0 Å². The Labute approximate surface area is 145 Å². The monoisotopic (exact) mass is 350 g/mol. The van der Waals surface area contributed by atoms with Crippen LogP contribution in [0.15, 0.2) is 0 Å². The summed E-state index contributed by atoms with van der Waals surface area (Å²) >= 11 is 0. The third-order valence-electron chi connectivity index (χ3n) is 4.38. The summed E-state index contributed by atoms with van der Waals surface area (Å²) in [5.74, 6) is -0.878. The van der Waals surface area contributed by atoms with Crippen LogP contribution < -0.4 is 0 Å². The highest BCUT2D eigenvalue weighted by atomic mass is 17.3. The van der Waals surface area contributed by atoms with Gasteiger partial charge >= 0.3 is 0 Å². The molecule has 1 N–H and O–H groups in total. The molecule has 1 unspecified atom stereocenters. The molecule has 1 rings (SSSR count). The van der Waals surface area contributed by atoms with Crippen molar-refractivity contribution in [2.24, 2.45) is 0 Å². The smallest absolute Gasteiger partial charge is 0.233 e. The Morgan fingerprint density at radius 2 is 1.38 bits per heavy atom. The summed E-state index contributed by atoms with van der Waals surface area (Å²) in [6, 6.07) is 0. The summed E-state index contributed by atoms with van der Waals surface area (Å²) in [6.07, 6.45) is 11.8. The van der Waals surface area contributed by atoms with Gasteiger partial charge in [-0.2, -0.15) is 9.78 Å². The van der Waals surface area contributed by atoms with Crippen LogP contribution >= 0.6 is 0 Å². The summed E-state index contributed by atoms with van der Waals surface area (Å²) in [5.41, 5.74) is 0. The Morgan fingerprint density at radius 1 is 0.833 bits per heavy atom. The van der Waals surface area contributed by atoms with Crippen molar-refractivity contribution >= 4 is 0 Å². The first kappa shape index (κ1) is 21.8.